The molecular formula is C15H25NO3. The molecule has 0 saturated heterocycles. The Balaban J connectivity index is 2.92. The summed E-state index contributed by atoms with van der Waals surface area (Å²) in [4.78, 5) is 0. The second-order valence-electron chi connectivity index (χ2n) is 5.06. The molecule has 19 heavy (non-hydrogen) atoms. The molecule has 2 N–H and O–H groups in total. The lowest BCUT2D eigenvalue weighted by Crippen LogP contribution is -2.28. The summed E-state index contributed by atoms with van der Waals surface area (Å²) < 4.78 is 11.4. The van der Waals surface area contributed by atoms with Crippen molar-refractivity contribution >= 4 is 0 Å². The maximum absolute atomic E-state index is 9.79. The lowest BCUT2D eigenvalue weighted by molar-refractivity contribution is 0.0271. The van der Waals surface area contributed by atoms with E-state index in [-0.39, 0.29) is 6.61 Å². The van der Waals surface area contributed by atoms with Crippen molar-refractivity contribution in [2.45, 2.75) is 39.8 Å². The van der Waals surface area contributed by atoms with Crippen LogP contribution in [0.4, 0.5) is 0 Å². The average Bonchev–Trinajstić information content (AvgIpc) is 2.34. The molecule has 1 rings (SSSR count). The van der Waals surface area contributed by atoms with Crippen molar-refractivity contribution in [2.24, 2.45) is 0 Å². The van der Waals surface area contributed by atoms with E-state index in [4.69, 9.17) is 9.47 Å². The fraction of sp³-hybridized carbons (Fsp3) is 0.600. The van der Waals surface area contributed by atoms with Crippen LogP contribution in [0.3, 0.4) is 0 Å². The quantitative estimate of drug-likeness (QED) is 0.759. The van der Waals surface area contributed by atoms with Gasteiger partial charge in [0.05, 0.1) is 12.2 Å². The van der Waals surface area contributed by atoms with Crippen LogP contribution >= 0.6 is 0 Å². The highest BCUT2D eigenvalue weighted by Gasteiger charge is 2.17. The fourth-order valence-electron chi connectivity index (χ4n) is 1.64. The van der Waals surface area contributed by atoms with E-state index in [1.807, 2.05) is 25.1 Å². The molecule has 108 valence electrons. The Morgan fingerprint density at radius 1 is 1.21 bits per heavy atom. The SMILES string of the molecule is CCNCc1cccc(OCC)c1OCC(C)(C)O. The van der Waals surface area contributed by atoms with E-state index in [0.717, 1.165) is 24.4 Å². The summed E-state index contributed by atoms with van der Waals surface area (Å²) in [6, 6.07) is 5.85. The van der Waals surface area contributed by atoms with Crippen LogP contribution in [0.1, 0.15) is 33.3 Å². The number of ether oxygens (including phenoxy) is 2. The summed E-state index contributed by atoms with van der Waals surface area (Å²) in [6.07, 6.45) is 0. The fourth-order valence-corrected chi connectivity index (χ4v) is 1.64. The van der Waals surface area contributed by atoms with Gasteiger partial charge in [0.2, 0.25) is 0 Å². The highest BCUT2D eigenvalue weighted by molar-refractivity contribution is 5.46. The van der Waals surface area contributed by atoms with Crippen molar-refractivity contribution < 1.29 is 14.6 Å². The summed E-state index contributed by atoms with van der Waals surface area (Å²) in [5.74, 6) is 1.44. The van der Waals surface area contributed by atoms with Gasteiger partial charge in [-0.3, -0.25) is 0 Å². The molecule has 0 bridgehead atoms. The average molecular weight is 267 g/mol. The Hall–Kier alpha value is -1.26. The van der Waals surface area contributed by atoms with Crippen LogP contribution in [0.2, 0.25) is 0 Å². The summed E-state index contributed by atoms with van der Waals surface area (Å²) in [5.41, 5.74) is 0.173. The number of hydrogen-bond acceptors (Lipinski definition) is 4. The molecule has 0 fully saturated rings. The molecule has 0 atom stereocenters. The molecule has 0 unspecified atom stereocenters. The summed E-state index contributed by atoms with van der Waals surface area (Å²) in [6.45, 7) is 9.88. The number of aliphatic hydroxyl groups is 1. The largest absolute Gasteiger partial charge is 0.490 e. The van der Waals surface area contributed by atoms with Crippen LogP contribution in [-0.2, 0) is 6.54 Å². The predicted octanol–water partition coefficient (Wildman–Crippen LogP) is 2.34. The van der Waals surface area contributed by atoms with Crippen LogP contribution < -0.4 is 14.8 Å². The van der Waals surface area contributed by atoms with Gasteiger partial charge >= 0.3 is 0 Å². The van der Waals surface area contributed by atoms with Gasteiger partial charge in [-0.2, -0.15) is 0 Å². The minimum Gasteiger partial charge on any atom is -0.490 e. The van der Waals surface area contributed by atoms with Gasteiger partial charge in [0.15, 0.2) is 11.5 Å². The third-order valence-corrected chi connectivity index (χ3v) is 2.50. The number of hydrogen-bond donors (Lipinski definition) is 2. The molecule has 0 heterocycles. The molecule has 0 radical (unpaired) electrons. The van der Waals surface area contributed by atoms with Crippen molar-refractivity contribution in [1.82, 2.24) is 5.32 Å². The standard InChI is InChI=1S/C15H25NO3/c1-5-16-10-12-8-7-9-13(18-6-2)14(12)19-11-15(3,4)17/h7-9,16-17H,5-6,10-11H2,1-4H3. The Kier molecular flexibility index (Phi) is 6.12. The van der Waals surface area contributed by atoms with Crippen molar-refractivity contribution in [2.75, 3.05) is 19.8 Å². The first-order valence-corrected chi connectivity index (χ1v) is 6.78. The highest BCUT2D eigenvalue weighted by Crippen LogP contribution is 2.32. The summed E-state index contributed by atoms with van der Waals surface area (Å²) in [5, 5.41) is 13.1. The van der Waals surface area contributed by atoms with Gasteiger partial charge in [-0.25, -0.2) is 0 Å². The van der Waals surface area contributed by atoms with E-state index in [1.54, 1.807) is 13.8 Å². The normalized spacial score (nSPS) is 11.4. The van der Waals surface area contributed by atoms with Crippen molar-refractivity contribution in [3.8, 4) is 11.5 Å². The zero-order valence-electron chi connectivity index (χ0n) is 12.3. The molecule has 0 aliphatic heterocycles. The molecule has 0 aliphatic carbocycles. The first kappa shape index (κ1) is 15.8. The van der Waals surface area contributed by atoms with Gasteiger partial charge in [0, 0.05) is 12.1 Å². The topological polar surface area (TPSA) is 50.7 Å². The monoisotopic (exact) mass is 267 g/mol. The third kappa shape index (κ3) is 5.49. The smallest absolute Gasteiger partial charge is 0.165 e. The van der Waals surface area contributed by atoms with Gasteiger partial charge < -0.3 is 19.9 Å². The summed E-state index contributed by atoms with van der Waals surface area (Å²) >= 11 is 0. The molecule has 0 amide bonds. The third-order valence-electron chi connectivity index (χ3n) is 2.50. The van der Waals surface area contributed by atoms with E-state index in [1.165, 1.54) is 0 Å². The molecule has 0 saturated carbocycles. The van der Waals surface area contributed by atoms with Crippen LogP contribution in [-0.4, -0.2) is 30.5 Å². The van der Waals surface area contributed by atoms with Crippen molar-refractivity contribution in [1.29, 1.82) is 0 Å². The number of para-hydroxylation sites is 1. The van der Waals surface area contributed by atoms with Gasteiger partial charge in [-0.15, -0.1) is 0 Å². The molecule has 0 aliphatic rings. The number of nitrogens with one attached hydrogen (secondary N) is 1. The Bertz CT molecular complexity index is 385. The van der Waals surface area contributed by atoms with Gasteiger partial charge in [-0.05, 0) is 33.4 Å². The highest BCUT2D eigenvalue weighted by atomic mass is 16.5. The van der Waals surface area contributed by atoms with Crippen molar-refractivity contribution in [3.63, 3.8) is 0 Å². The van der Waals surface area contributed by atoms with Crippen LogP contribution in [0.15, 0.2) is 18.2 Å². The van der Waals surface area contributed by atoms with E-state index in [9.17, 15) is 5.11 Å². The second kappa shape index (κ2) is 7.36. The maximum Gasteiger partial charge on any atom is 0.165 e. The first-order valence-electron chi connectivity index (χ1n) is 6.78. The van der Waals surface area contributed by atoms with Crippen LogP contribution in [0, 0.1) is 0 Å². The Morgan fingerprint density at radius 3 is 2.53 bits per heavy atom. The summed E-state index contributed by atoms with van der Waals surface area (Å²) in [7, 11) is 0. The molecule has 0 aromatic heterocycles. The predicted molar refractivity (Wildman–Crippen MR) is 76.8 cm³/mol. The second-order valence-corrected chi connectivity index (χ2v) is 5.06. The zero-order chi connectivity index (χ0) is 14.3. The lowest BCUT2D eigenvalue weighted by Gasteiger charge is -2.21. The van der Waals surface area contributed by atoms with Gasteiger partial charge in [0.1, 0.15) is 6.61 Å². The molecule has 4 nitrogen and oxygen atoms in total. The molecule has 4 heteroatoms. The molecule has 1 aromatic carbocycles. The minimum absolute atomic E-state index is 0.232. The minimum atomic E-state index is -0.866. The Labute approximate surface area is 115 Å². The molecular weight excluding hydrogens is 242 g/mol. The van der Waals surface area contributed by atoms with E-state index in [2.05, 4.69) is 12.2 Å². The van der Waals surface area contributed by atoms with E-state index >= 15 is 0 Å². The molecule has 0 spiro atoms. The number of benzene rings is 1. The zero-order valence-corrected chi connectivity index (χ0v) is 12.3. The lowest BCUT2D eigenvalue weighted by atomic mass is 10.1. The Morgan fingerprint density at radius 2 is 1.95 bits per heavy atom. The molecule has 1 aromatic rings. The van der Waals surface area contributed by atoms with E-state index < -0.39 is 5.60 Å². The van der Waals surface area contributed by atoms with Gasteiger partial charge in [0.25, 0.3) is 0 Å². The van der Waals surface area contributed by atoms with Gasteiger partial charge in [-0.1, -0.05) is 19.1 Å². The van der Waals surface area contributed by atoms with Crippen LogP contribution in [0.25, 0.3) is 0 Å². The van der Waals surface area contributed by atoms with E-state index in [0.29, 0.717) is 12.4 Å². The maximum atomic E-state index is 9.79. The number of rotatable bonds is 8. The van der Waals surface area contributed by atoms with Crippen molar-refractivity contribution in [3.05, 3.63) is 23.8 Å². The first-order chi connectivity index (χ1) is 8.98. The van der Waals surface area contributed by atoms with Crippen LogP contribution in [0.5, 0.6) is 11.5 Å².